The first-order valence-electron chi connectivity index (χ1n) is 5.01. The van der Waals surface area contributed by atoms with E-state index in [4.69, 9.17) is 11.6 Å². The lowest BCUT2D eigenvalue weighted by molar-refractivity contribution is 0.678. The van der Waals surface area contributed by atoms with Crippen molar-refractivity contribution < 1.29 is 0 Å². The monoisotopic (exact) mass is 236 g/mol. The van der Waals surface area contributed by atoms with Gasteiger partial charge in [0.2, 0.25) is 0 Å². The van der Waals surface area contributed by atoms with Gasteiger partial charge in [-0.2, -0.15) is 5.10 Å². The van der Waals surface area contributed by atoms with E-state index >= 15 is 0 Å². The first-order valence-corrected chi connectivity index (χ1v) is 5.39. The van der Waals surface area contributed by atoms with Crippen molar-refractivity contribution in [2.45, 2.75) is 13.5 Å². The number of aromatic nitrogens is 3. The highest BCUT2D eigenvalue weighted by atomic mass is 35.5. The van der Waals surface area contributed by atoms with Crippen LogP contribution in [0.25, 0.3) is 0 Å². The van der Waals surface area contributed by atoms with E-state index < -0.39 is 0 Å². The van der Waals surface area contributed by atoms with Gasteiger partial charge in [0, 0.05) is 19.4 Å². The second-order valence-corrected chi connectivity index (χ2v) is 3.97. The Bertz CT molecular complexity index is 456. The summed E-state index contributed by atoms with van der Waals surface area (Å²) >= 11 is 5.93. The van der Waals surface area contributed by atoms with Gasteiger partial charge in [-0.3, -0.25) is 4.68 Å². The van der Waals surface area contributed by atoms with Crippen molar-refractivity contribution in [2.75, 3.05) is 12.4 Å². The predicted molar refractivity (Wildman–Crippen MR) is 64.9 cm³/mol. The van der Waals surface area contributed by atoms with Gasteiger partial charge in [-0.15, -0.1) is 0 Å². The Morgan fingerprint density at radius 2 is 2.25 bits per heavy atom. The van der Waals surface area contributed by atoms with E-state index in [1.54, 1.807) is 0 Å². The van der Waals surface area contributed by atoms with Gasteiger partial charge in [0.1, 0.15) is 5.82 Å². The molecule has 2 rings (SSSR count). The van der Waals surface area contributed by atoms with Crippen LogP contribution in [0.2, 0.25) is 5.02 Å². The van der Waals surface area contributed by atoms with Gasteiger partial charge in [0.15, 0.2) is 0 Å². The summed E-state index contributed by atoms with van der Waals surface area (Å²) in [6, 6.07) is 3.96. The Hall–Kier alpha value is -1.55. The van der Waals surface area contributed by atoms with E-state index in [1.807, 2.05) is 43.2 Å². The number of rotatable bonds is 3. The maximum Gasteiger partial charge on any atom is 0.125 e. The molecule has 0 saturated carbocycles. The van der Waals surface area contributed by atoms with Crippen molar-refractivity contribution in [2.24, 2.45) is 0 Å². The summed E-state index contributed by atoms with van der Waals surface area (Å²) in [6.07, 6.45) is 3.65. The molecule has 0 bridgehead atoms. The van der Waals surface area contributed by atoms with Crippen LogP contribution in [-0.4, -0.2) is 21.8 Å². The lowest BCUT2D eigenvalue weighted by Gasteiger charge is -2.03. The molecule has 1 N–H and O–H groups in total. The van der Waals surface area contributed by atoms with Crippen LogP contribution >= 0.6 is 11.6 Å². The predicted octanol–water partition coefficient (Wildman–Crippen LogP) is 2.33. The van der Waals surface area contributed by atoms with Crippen molar-refractivity contribution in [1.82, 2.24) is 14.8 Å². The first-order chi connectivity index (χ1) is 7.69. The SMILES string of the molecule is CNc1ccc(Cn2cc(Cl)c(C)n2)cn1. The van der Waals surface area contributed by atoms with Crippen LogP contribution < -0.4 is 5.32 Å². The number of aryl methyl sites for hydroxylation is 1. The molecule has 2 aromatic heterocycles. The molecule has 0 aromatic carbocycles. The van der Waals surface area contributed by atoms with Gasteiger partial charge in [-0.25, -0.2) is 4.98 Å². The molecular formula is C11H13ClN4. The Balaban J connectivity index is 2.14. The molecule has 84 valence electrons. The summed E-state index contributed by atoms with van der Waals surface area (Å²) in [7, 11) is 1.85. The maximum absolute atomic E-state index is 5.93. The smallest absolute Gasteiger partial charge is 0.125 e. The van der Waals surface area contributed by atoms with Crippen molar-refractivity contribution >= 4 is 17.4 Å². The van der Waals surface area contributed by atoms with Crippen molar-refractivity contribution in [3.05, 3.63) is 40.8 Å². The summed E-state index contributed by atoms with van der Waals surface area (Å²) in [5.41, 5.74) is 1.94. The number of hydrogen-bond donors (Lipinski definition) is 1. The average molecular weight is 237 g/mol. The summed E-state index contributed by atoms with van der Waals surface area (Å²) in [4.78, 5) is 4.24. The Morgan fingerprint density at radius 1 is 1.44 bits per heavy atom. The number of hydrogen-bond acceptors (Lipinski definition) is 3. The molecule has 0 amide bonds. The summed E-state index contributed by atoms with van der Waals surface area (Å²) < 4.78 is 1.81. The topological polar surface area (TPSA) is 42.7 Å². The minimum absolute atomic E-state index is 0.685. The molecule has 0 fully saturated rings. The molecule has 2 aromatic rings. The fourth-order valence-corrected chi connectivity index (χ4v) is 1.58. The third-order valence-corrected chi connectivity index (χ3v) is 2.68. The summed E-state index contributed by atoms with van der Waals surface area (Å²) in [6.45, 7) is 2.58. The summed E-state index contributed by atoms with van der Waals surface area (Å²) in [5, 5.41) is 7.96. The highest BCUT2D eigenvalue weighted by molar-refractivity contribution is 6.31. The zero-order valence-corrected chi connectivity index (χ0v) is 9.99. The fourth-order valence-electron chi connectivity index (χ4n) is 1.43. The van der Waals surface area contributed by atoms with E-state index in [-0.39, 0.29) is 0 Å². The minimum Gasteiger partial charge on any atom is -0.373 e. The minimum atomic E-state index is 0.685. The molecule has 0 atom stereocenters. The van der Waals surface area contributed by atoms with Gasteiger partial charge in [0.25, 0.3) is 0 Å². The highest BCUT2D eigenvalue weighted by Gasteiger charge is 2.02. The standard InChI is InChI=1S/C11H13ClN4/c1-8-10(12)7-16(15-8)6-9-3-4-11(13-2)14-5-9/h3-5,7H,6H2,1-2H3,(H,13,14). The van der Waals surface area contributed by atoms with E-state index in [0.717, 1.165) is 17.1 Å². The van der Waals surface area contributed by atoms with Crippen molar-refractivity contribution in [3.8, 4) is 0 Å². The number of halogens is 1. The molecule has 0 unspecified atom stereocenters. The molecule has 4 nitrogen and oxygen atoms in total. The molecule has 0 aliphatic heterocycles. The van der Waals surface area contributed by atoms with E-state index in [0.29, 0.717) is 11.6 Å². The molecule has 0 aliphatic carbocycles. The highest BCUT2D eigenvalue weighted by Crippen LogP contribution is 2.13. The normalized spacial score (nSPS) is 10.4. The van der Waals surface area contributed by atoms with E-state index in [9.17, 15) is 0 Å². The average Bonchev–Trinajstić information content (AvgIpc) is 2.59. The number of nitrogens with zero attached hydrogens (tertiary/aromatic N) is 3. The van der Waals surface area contributed by atoms with Gasteiger partial charge in [-0.1, -0.05) is 17.7 Å². The molecule has 2 heterocycles. The summed E-state index contributed by atoms with van der Waals surface area (Å²) in [5.74, 6) is 0.860. The largest absolute Gasteiger partial charge is 0.373 e. The number of nitrogens with one attached hydrogen (secondary N) is 1. The lowest BCUT2D eigenvalue weighted by Crippen LogP contribution is -2.01. The van der Waals surface area contributed by atoms with Crippen LogP contribution in [0.1, 0.15) is 11.3 Å². The van der Waals surface area contributed by atoms with Gasteiger partial charge in [0.05, 0.1) is 17.3 Å². The van der Waals surface area contributed by atoms with Gasteiger partial charge >= 0.3 is 0 Å². The molecule has 16 heavy (non-hydrogen) atoms. The van der Waals surface area contributed by atoms with Crippen LogP contribution in [-0.2, 0) is 6.54 Å². The third-order valence-electron chi connectivity index (χ3n) is 2.31. The fraction of sp³-hybridized carbons (Fsp3) is 0.273. The van der Waals surface area contributed by atoms with Crippen LogP contribution in [0.3, 0.4) is 0 Å². The third kappa shape index (κ3) is 2.33. The lowest BCUT2D eigenvalue weighted by atomic mass is 10.3. The van der Waals surface area contributed by atoms with Gasteiger partial charge in [-0.05, 0) is 18.6 Å². The molecule has 5 heteroatoms. The molecule has 0 spiro atoms. The van der Waals surface area contributed by atoms with Crippen LogP contribution in [0.15, 0.2) is 24.5 Å². The quantitative estimate of drug-likeness (QED) is 0.890. The molecular weight excluding hydrogens is 224 g/mol. The number of anilines is 1. The van der Waals surface area contributed by atoms with Crippen LogP contribution in [0.4, 0.5) is 5.82 Å². The second kappa shape index (κ2) is 4.53. The molecule has 0 radical (unpaired) electrons. The van der Waals surface area contributed by atoms with Crippen LogP contribution in [0, 0.1) is 6.92 Å². The number of pyridine rings is 1. The van der Waals surface area contributed by atoms with E-state index in [1.165, 1.54) is 0 Å². The second-order valence-electron chi connectivity index (χ2n) is 3.56. The van der Waals surface area contributed by atoms with Gasteiger partial charge < -0.3 is 5.32 Å². The Labute approximate surface area is 99.3 Å². The van der Waals surface area contributed by atoms with Crippen molar-refractivity contribution in [3.63, 3.8) is 0 Å². The first kappa shape index (κ1) is 11.0. The Kier molecular flexibility index (Phi) is 3.10. The maximum atomic E-state index is 5.93. The van der Waals surface area contributed by atoms with Crippen molar-refractivity contribution in [1.29, 1.82) is 0 Å². The van der Waals surface area contributed by atoms with E-state index in [2.05, 4.69) is 15.4 Å². The zero-order chi connectivity index (χ0) is 11.5. The Morgan fingerprint density at radius 3 is 2.75 bits per heavy atom. The van der Waals surface area contributed by atoms with Crippen LogP contribution in [0.5, 0.6) is 0 Å². The molecule has 0 saturated heterocycles. The zero-order valence-electron chi connectivity index (χ0n) is 9.24. The molecule has 0 aliphatic rings.